The third kappa shape index (κ3) is 3.11. The minimum absolute atomic E-state index is 0.390. The Hall–Kier alpha value is -2.22. The molecule has 0 bridgehead atoms. The Bertz CT molecular complexity index is 450. The molecule has 0 unspecified atom stereocenters. The van der Waals surface area contributed by atoms with Crippen LogP contribution in [0.2, 0.25) is 0 Å². The molecule has 0 saturated carbocycles. The van der Waals surface area contributed by atoms with Gasteiger partial charge in [-0.1, -0.05) is 0 Å². The second-order valence-corrected chi connectivity index (χ2v) is 3.63. The number of nitriles is 1. The fourth-order valence-electron chi connectivity index (χ4n) is 1.65. The van der Waals surface area contributed by atoms with E-state index in [4.69, 9.17) is 16.7 Å². The van der Waals surface area contributed by atoms with Gasteiger partial charge in [0.1, 0.15) is 0 Å². The third-order valence-corrected chi connectivity index (χ3v) is 2.50. The summed E-state index contributed by atoms with van der Waals surface area (Å²) in [7, 11) is 0. The summed E-state index contributed by atoms with van der Waals surface area (Å²) in [5.74, 6) is -0.490. The number of rotatable bonds is 5. The number of nitrogens with two attached hydrogens (primary N) is 2. The van der Waals surface area contributed by atoms with Crippen molar-refractivity contribution < 1.29 is 4.79 Å². The number of primary amides is 1. The number of hydrogen-bond donors (Lipinski definition) is 2. The molecule has 5 heteroatoms. The molecule has 0 aliphatic heterocycles. The number of nitrogen functional groups attached to an aromatic ring is 1. The van der Waals surface area contributed by atoms with Crippen LogP contribution in [0.15, 0.2) is 18.2 Å². The third-order valence-electron chi connectivity index (χ3n) is 2.50. The standard InChI is InChI=1S/C12H16N4O/c1-2-16(7-3-6-13)11-8-9(14)4-5-10(11)12(15)17/h4-5,8H,2-3,7,14H2,1H3,(H2,15,17). The zero-order chi connectivity index (χ0) is 12.8. The molecule has 0 atom stereocenters. The molecular weight excluding hydrogens is 216 g/mol. The van der Waals surface area contributed by atoms with E-state index in [0.717, 1.165) is 0 Å². The molecule has 0 aromatic heterocycles. The van der Waals surface area contributed by atoms with E-state index in [9.17, 15) is 4.79 Å². The lowest BCUT2D eigenvalue weighted by Crippen LogP contribution is -2.27. The lowest BCUT2D eigenvalue weighted by molar-refractivity contribution is 0.100. The summed E-state index contributed by atoms with van der Waals surface area (Å²) in [5, 5.41) is 8.60. The highest BCUT2D eigenvalue weighted by molar-refractivity contribution is 5.99. The first-order chi connectivity index (χ1) is 8.10. The van der Waals surface area contributed by atoms with Crippen molar-refractivity contribution in [1.82, 2.24) is 0 Å². The van der Waals surface area contributed by atoms with Crippen LogP contribution in [0.5, 0.6) is 0 Å². The van der Waals surface area contributed by atoms with E-state index in [0.29, 0.717) is 36.4 Å². The van der Waals surface area contributed by atoms with Crippen molar-refractivity contribution in [3.63, 3.8) is 0 Å². The normalized spacial score (nSPS) is 9.65. The predicted octanol–water partition coefficient (Wildman–Crippen LogP) is 1.11. The average Bonchev–Trinajstić information content (AvgIpc) is 2.29. The van der Waals surface area contributed by atoms with E-state index < -0.39 is 5.91 Å². The van der Waals surface area contributed by atoms with Gasteiger partial charge in [-0.05, 0) is 25.1 Å². The molecule has 1 rings (SSSR count). The fourth-order valence-corrected chi connectivity index (χ4v) is 1.65. The van der Waals surface area contributed by atoms with E-state index in [1.54, 1.807) is 18.2 Å². The van der Waals surface area contributed by atoms with Gasteiger partial charge in [0.2, 0.25) is 0 Å². The zero-order valence-corrected chi connectivity index (χ0v) is 9.81. The number of nitrogens with zero attached hydrogens (tertiary/aromatic N) is 2. The van der Waals surface area contributed by atoms with Gasteiger partial charge in [0.15, 0.2) is 0 Å². The molecule has 0 aliphatic carbocycles. The van der Waals surface area contributed by atoms with E-state index in [1.165, 1.54) is 0 Å². The van der Waals surface area contributed by atoms with Crippen LogP contribution in [0.4, 0.5) is 11.4 Å². The van der Waals surface area contributed by atoms with Gasteiger partial charge in [-0.25, -0.2) is 0 Å². The fraction of sp³-hybridized carbons (Fsp3) is 0.333. The second kappa shape index (κ2) is 5.75. The minimum Gasteiger partial charge on any atom is -0.399 e. The SMILES string of the molecule is CCN(CCC#N)c1cc(N)ccc1C(N)=O. The average molecular weight is 232 g/mol. The van der Waals surface area contributed by atoms with Gasteiger partial charge in [-0.2, -0.15) is 5.26 Å². The molecule has 4 N–H and O–H groups in total. The molecule has 5 nitrogen and oxygen atoms in total. The van der Waals surface area contributed by atoms with Gasteiger partial charge in [-0.3, -0.25) is 4.79 Å². The largest absolute Gasteiger partial charge is 0.399 e. The van der Waals surface area contributed by atoms with Gasteiger partial charge in [0.05, 0.1) is 23.7 Å². The number of anilines is 2. The van der Waals surface area contributed by atoms with Crippen LogP contribution < -0.4 is 16.4 Å². The van der Waals surface area contributed by atoms with Crippen LogP contribution in [-0.2, 0) is 0 Å². The first-order valence-corrected chi connectivity index (χ1v) is 5.41. The molecule has 0 saturated heterocycles. The highest BCUT2D eigenvalue weighted by Crippen LogP contribution is 2.23. The molecule has 90 valence electrons. The topological polar surface area (TPSA) is 96.1 Å². The number of benzene rings is 1. The maximum absolute atomic E-state index is 11.3. The second-order valence-electron chi connectivity index (χ2n) is 3.63. The summed E-state index contributed by atoms with van der Waals surface area (Å²) in [6, 6.07) is 7.04. The van der Waals surface area contributed by atoms with E-state index in [-0.39, 0.29) is 0 Å². The molecule has 1 aromatic carbocycles. The smallest absolute Gasteiger partial charge is 0.250 e. The quantitative estimate of drug-likeness (QED) is 0.743. The Morgan fingerprint density at radius 2 is 2.24 bits per heavy atom. The summed E-state index contributed by atoms with van der Waals surface area (Å²) in [6.07, 6.45) is 0.390. The molecule has 1 aromatic rings. The van der Waals surface area contributed by atoms with Gasteiger partial charge >= 0.3 is 0 Å². The van der Waals surface area contributed by atoms with Gasteiger partial charge in [0.25, 0.3) is 5.91 Å². The summed E-state index contributed by atoms with van der Waals surface area (Å²) in [5.41, 5.74) is 12.7. The zero-order valence-electron chi connectivity index (χ0n) is 9.81. The first kappa shape index (κ1) is 12.8. The van der Waals surface area contributed by atoms with Gasteiger partial charge in [-0.15, -0.1) is 0 Å². The van der Waals surface area contributed by atoms with Crippen molar-refractivity contribution in [1.29, 1.82) is 5.26 Å². The van der Waals surface area contributed by atoms with E-state index >= 15 is 0 Å². The van der Waals surface area contributed by atoms with Crippen LogP contribution in [0.3, 0.4) is 0 Å². The summed E-state index contributed by atoms with van der Waals surface area (Å²) in [4.78, 5) is 13.2. The van der Waals surface area contributed by atoms with Crippen LogP contribution in [0, 0.1) is 11.3 Å². The Morgan fingerprint density at radius 3 is 2.76 bits per heavy atom. The number of hydrogen-bond acceptors (Lipinski definition) is 4. The van der Waals surface area contributed by atoms with Crippen LogP contribution >= 0.6 is 0 Å². The summed E-state index contributed by atoms with van der Waals surface area (Å²) < 4.78 is 0. The maximum atomic E-state index is 11.3. The molecule has 0 fully saturated rings. The molecule has 0 spiro atoms. The van der Waals surface area contributed by atoms with Crippen molar-refractivity contribution >= 4 is 17.3 Å². The monoisotopic (exact) mass is 232 g/mol. The Morgan fingerprint density at radius 1 is 1.53 bits per heavy atom. The predicted molar refractivity (Wildman–Crippen MR) is 67.5 cm³/mol. The van der Waals surface area contributed by atoms with Gasteiger partial charge < -0.3 is 16.4 Å². The van der Waals surface area contributed by atoms with Crippen LogP contribution in [0.1, 0.15) is 23.7 Å². The van der Waals surface area contributed by atoms with Crippen molar-refractivity contribution in [3.8, 4) is 6.07 Å². The lowest BCUT2D eigenvalue weighted by atomic mass is 10.1. The Labute approximate surface area is 101 Å². The number of carbonyl (C=O) groups is 1. The van der Waals surface area contributed by atoms with Crippen molar-refractivity contribution in [2.24, 2.45) is 5.73 Å². The molecule has 0 aliphatic rings. The van der Waals surface area contributed by atoms with Crippen molar-refractivity contribution in [2.75, 3.05) is 23.7 Å². The minimum atomic E-state index is -0.490. The number of amides is 1. The Balaban J connectivity index is 3.12. The summed E-state index contributed by atoms with van der Waals surface area (Å²) in [6.45, 7) is 3.19. The highest BCUT2D eigenvalue weighted by Gasteiger charge is 2.13. The van der Waals surface area contributed by atoms with Crippen LogP contribution in [-0.4, -0.2) is 19.0 Å². The Kier molecular flexibility index (Phi) is 4.35. The molecule has 0 heterocycles. The summed E-state index contributed by atoms with van der Waals surface area (Å²) >= 11 is 0. The highest BCUT2D eigenvalue weighted by atomic mass is 16.1. The van der Waals surface area contributed by atoms with Crippen LogP contribution in [0.25, 0.3) is 0 Å². The van der Waals surface area contributed by atoms with Gasteiger partial charge in [0, 0.05) is 18.8 Å². The molecule has 17 heavy (non-hydrogen) atoms. The lowest BCUT2D eigenvalue weighted by Gasteiger charge is -2.24. The number of carbonyl (C=O) groups excluding carboxylic acids is 1. The van der Waals surface area contributed by atoms with E-state index in [2.05, 4.69) is 6.07 Å². The molecule has 0 radical (unpaired) electrons. The molecular formula is C12H16N4O. The first-order valence-electron chi connectivity index (χ1n) is 5.41. The maximum Gasteiger partial charge on any atom is 0.250 e. The van der Waals surface area contributed by atoms with Crippen molar-refractivity contribution in [3.05, 3.63) is 23.8 Å². The van der Waals surface area contributed by atoms with E-state index in [1.807, 2.05) is 11.8 Å². The molecule has 1 amide bonds. The van der Waals surface area contributed by atoms with Crippen molar-refractivity contribution in [2.45, 2.75) is 13.3 Å².